The smallest absolute Gasteiger partial charge is 0.332 e. The van der Waals surface area contributed by atoms with Crippen molar-refractivity contribution in [2.45, 2.75) is 39.5 Å². The Morgan fingerprint density at radius 2 is 2.00 bits per heavy atom. The summed E-state index contributed by atoms with van der Waals surface area (Å²) in [6.07, 6.45) is 3.65. The van der Waals surface area contributed by atoms with Crippen LogP contribution < -0.4 is 31.8 Å². The summed E-state index contributed by atoms with van der Waals surface area (Å²) in [7, 11) is 1.54. The second-order valence-electron chi connectivity index (χ2n) is 7.17. The van der Waals surface area contributed by atoms with Gasteiger partial charge in [-0.1, -0.05) is 6.07 Å². The summed E-state index contributed by atoms with van der Waals surface area (Å²) in [5.41, 5.74) is 5.40. The van der Waals surface area contributed by atoms with Gasteiger partial charge in [0.25, 0.3) is 5.56 Å². The molecule has 0 bridgehead atoms. The lowest BCUT2D eigenvalue weighted by Gasteiger charge is -2.15. The molecule has 1 fully saturated rings. The maximum absolute atomic E-state index is 12.6. The third kappa shape index (κ3) is 4.86. The van der Waals surface area contributed by atoms with Crippen LogP contribution in [0.5, 0.6) is 11.5 Å². The summed E-state index contributed by atoms with van der Waals surface area (Å²) in [6.45, 7) is 5.05. The summed E-state index contributed by atoms with van der Waals surface area (Å²) < 4.78 is 18.9. The van der Waals surface area contributed by atoms with Crippen LogP contribution in [-0.4, -0.2) is 41.5 Å². The molecule has 1 atom stereocenters. The topological polar surface area (TPSA) is 127 Å². The second kappa shape index (κ2) is 10.2. The number of hydrogen-bond donors (Lipinski definition) is 2. The Labute approximate surface area is 185 Å². The molecule has 2 heterocycles. The Morgan fingerprint density at radius 3 is 2.62 bits per heavy atom. The van der Waals surface area contributed by atoms with Crippen molar-refractivity contribution in [3.05, 3.63) is 50.7 Å². The fourth-order valence-electron chi connectivity index (χ4n) is 3.42. The van der Waals surface area contributed by atoms with Gasteiger partial charge in [0.05, 0.1) is 20.3 Å². The molecule has 32 heavy (non-hydrogen) atoms. The third-order valence-electron chi connectivity index (χ3n) is 5.14. The monoisotopic (exact) mass is 444 g/mol. The van der Waals surface area contributed by atoms with E-state index in [1.807, 2.05) is 0 Å². The number of nitrogens with zero attached hydrogens (tertiary/aromatic N) is 2. The SMILES string of the molecule is CCn1c(N)c(NC(=O)/C=C/c2ccc(O[C@H]3CCOC3)c(OC)c2)c(=O)n(CC)c1=O. The average molecular weight is 444 g/mol. The van der Waals surface area contributed by atoms with Gasteiger partial charge in [0.15, 0.2) is 11.5 Å². The van der Waals surface area contributed by atoms with Gasteiger partial charge in [-0.05, 0) is 37.6 Å². The Bertz CT molecular complexity index is 1130. The lowest BCUT2D eigenvalue weighted by Crippen LogP contribution is -2.42. The Hall–Kier alpha value is -3.53. The molecule has 1 aromatic heterocycles. The van der Waals surface area contributed by atoms with Crippen LogP contribution in [-0.2, 0) is 22.6 Å². The van der Waals surface area contributed by atoms with E-state index in [1.54, 1.807) is 38.1 Å². The van der Waals surface area contributed by atoms with E-state index in [2.05, 4.69) is 5.32 Å². The molecule has 10 heteroatoms. The zero-order valence-electron chi connectivity index (χ0n) is 18.4. The van der Waals surface area contributed by atoms with Crippen molar-refractivity contribution in [3.8, 4) is 11.5 Å². The van der Waals surface area contributed by atoms with E-state index in [-0.39, 0.29) is 30.7 Å². The second-order valence-corrected chi connectivity index (χ2v) is 7.17. The minimum Gasteiger partial charge on any atom is -0.493 e. The summed E-state index contributed by atoms with van der Waals surface area (Å²) in [4.78, 5) is 37.3. The van der Waals surface area contributed by atoms with E-state index in [9.17, 15) is 14.4 Å². The highest BCUT2D eigenvalue weighted by atomic mass is 16.6. The van der Waals surface area contributed by atoms with Gasteiger partial charge in [0, 0.05) is 25.6 Å². The third-order valence-corrected chi connectivity index (χ3v) is 5.14. The maximum atomic E-state index is 12.6. The quantitative estimate of drug-likeness (QED) is 0.590. The van der Waals surface area contributed by atoms with Crippen LogP contribution in [0, 0.1) is 0 Å². The van der Waals surface area contributed by atoms with Crippen LogP contribution in [0.1, 0.15) is 25.8 Å². The van der Waals surface area contributed by atoms with Crippen LogP contribution in [0.3, 0.4) is 0 Å². The van der Waals surface area contributed by atoms with Crippen molar-refractivity contribution in [3.63, 3.8) is 0 Å². The van der Waals surface area contributed by atoms with Crippen molar-refractivity contribution in [2.75, 3.05) is 31.4 Å². The number of anilines is 2. The number of ether oxygens (including phenoxy) is 3. The van der Waals surface area contributed by atoms with Gasteiger partial charge in [0.1, 0.15) is 17.6 Å². The number of nitrogens with two attached hydrogens (primary N) is 1. The van der Waals surface area contributed by atoms with Crippen LogP contribution in [0.25, 0.3) is 6.08 Å². The minimum atomic E-state index is -0.638. The predicted octanol–water partition coefficient (Wildman–Crippen LogP) is 1.46. The van der Waals surface area contributed by atoms with Crippen LogP contribution in [0.2, 0.25) is 0 Å². The molecule has 3 N–H and O–H groups in total. The van der Waals surface area contributed by atoms with Gasteiger partial charge in [-0.2, -0.15) is 0 Å². The highest BCUT2D eigenvalue weighted by Gasteiger charge is 2.19. The van der Waals surface area contributed by atoms with E-state index in [4.69, 9.17) is 19.9 Å². The molecule has 0 aliphatic carbocycles. The Kier molecular flexibility index (Phi) is 7.37. The van der Waals surface area contributed by atoms with Gasteiger partial charge >= 0.3 is 5.69 Å². The van der Waals surface area contributed by atoms with Crippen molar-refractivity contribution in [1.82, 2.24) is 9.13 Å². The number of amides is 1. The summed E-state index contributed by atoms with van der Waals surface area (Å²) in [5, 5.41) is 2.50. The molecular weight excluding hydrogens is 416 g/mol. The van der Waals surface area contributed by atoms with Crippen LogP contribution >= 0.6 is 0 Å². The first-order chi connectivity index (χ1) is 15.4. The molecule has 2 aromatic rings. The number of methoxy groups -OCH3 is 1. The first kappa shape index (κ1) is 23.1. The van der Waals surface area contributed by atoms with Crippen molar-refractivity contribution >= 4 is 23.5 Å². The maximum Gasteiger partial charge on any atom is 0.332 e. The highest BCUT2D eigenvalue weighted by molar-refractivity contribution is 6.03. The number of nitrogens with one attached hydrogen (secondary N) is 1. The molecule has 10 nitrogen and oxygen atoms in total. The largest absolute Gasteiger partial charge is 0.493 e. The molecule has 0 spiro atoms. The fourth-order valence-corrected chi connectivity index (χ4v) is 3.42. The summed E-state index contributed by atoms with van der Waals surface area (Å²) in [5.74, 6) is 0.497. The van der Waals surface area contributed by atoms with Gasteiger partial charge in [0.2, 0.25) is 5.91 Å². The summed E-state index contributed by atoms with van der Waals surface area (Å²) >= 11 is 0. The fraction of sp³-hybridized carbons (Fsp3) is 0.409. The lowest BCUT2D eigenvalue weighted by atomic mass is 10.2. The van der Waals surface area contributed by atoms with E-state index in [1.165, 1.54) is 17.8 Å². The van der Waals surface area contributed by atoms with Gasteiger partial charge in [-0.3, -0.25) is 18.7 Å². The molecule has 3 rings (SSSR count). The molecule has 0 saturated carbocycles. The molecule has 1 saturated heterocycles. The van der Waals surface area contributed by atoms with Gasteiger partial charge in [-0.15, -0.1) is 0 Å². The predicted molar refractivity (Wildman–Crippen MR) is 121 cm³/mol. The van der Waals surface area contributed by atoms with Crippen LogP contribution in [0.4, 0.5) is 11.5 Å². The standard InChI is InChI=1S/C22H28N4O6/c1-4-25-20(23)19(21(28)26(5-2)22(25)29)24-18(27)9-7-14-6-8-16(17(12-14)30-3)32-15-10-11-31-13-15/h6-9,12,15H,4-5,10-11,13,23H2,1-3H3,(H,24,27)/b9-7+/t15-/m0/s1. The molecule has 1 aliphatic heterocycles. The Morgan fingerprint density at radius 1 is 1.25 bits per heavy atom. The molecule has 172 valence electrons. The number of benzene rings is 1. The molecular formula is C22H28N4O6. The van der Waals surface area contributed by atoms with Crippen LogP contribution in [0.15, 0.2) is 33.9 Å². The number of hydrogen-bond acceptors (Lipinski definition) is 7. The summed E-state index contributed by atoms with van der Waals surface area (Å²) in [6, 6.07) is 5.29. The minimum absolute atomic E-state index is 0.0138. The van der Waals surface area contributed by atoms with E-state index >= 15 is 0 Å². The first-order valence-corrected chi connectivity index (χ1v) is 10.4. The average Bonchev–Trinajstić information content (AvgIpc) is 3.29. The lowest BCUT2D eigenvalue weighted by molar-refractivity contribution is -0.111. The van der Waals surface area contributed by atoms with Gasteiger partial charge in [-0.25, -0.2) is 4.79 Å². The number of aromatic nitrogens is 2. The number of carbonyl (C=O) groups is 1. The molecule has 1 amide bonds. The molecule has 1 aliphatic rings. The van der Waals surface area contributed by atoms with Crippen molar-refractivity contribution in [2.24, 2.45) is 0 Å². The highest BCUT2D eigenvalue weighted by Crippen LogP contribution is 2.30. The Balaban J connectivity index is 1.78. The number of rotatable bonds is 8. The van der Waals surface area contributed by atoms with E-state index in [0.717, 1.165) is 11.0 Å². The zero-order chi connectivity index (χ0) is 23.3. The molecule has 1 aromatic carbocycles. The normalized spacial score (nSPS) is 15.8. The number of carbonyl (C=O) groups excluding carboxylic acids is 1. The van der Waals surface area contributed by atoms with Gasteiger partial charge < -0.3 is 25.3 Å². The van der Waals surface area contributed by atoms with Crippen molar-refractivity contribution in [1.29, 1.82) is 0 Å². The van der Waals surface area contributed by atoms with E-state index < -0.39 is 17.2 Å². The van der Waals surface area contributed by atoms with E-state index in [0.29, 0.717) is 30.3 Å². The molecule has 0 radical (unpaired) electrons. The zero-order valence-corrected chi connectivity index (χ0v) is 18.4. The first-order valence-electron chi connectivity index (χ1n) is 10.4. The number of nitrogen functional groups attached to an aromatic ring is 1. The van der Waals surface area contributed by atoms with Crippen molar-refractivity contribution < 1.29 is 19.0 Å². The molecule has 0 unspecified atom stereocenters.